The smallest absolute Gasteiger partial charge is 0.243 e. The molecule has 1 amide bonds. The maximum Gasteiger partial charge on any atom is 0.243 e. The normalized spacial score (nSPS) is 19.7. The van der Waals surface area contributed by atoms with Crippen LogP contribution in [0, 0.1) is 5.92 Å². The first-order valence-corrected chi connectivity index (χ1v) is 11.4. The van der Waals surface area contributed by atoms with Crippen LogP contribution in [0.4, 0.5) is 0 Å². The highest BCUT2D eigenvalue weighted by atomic mass is 32.2. The molecule has 0 spiro atoms. The van der Waals surface area contributed by atoms with Crippen LogP contribution >= 0.6 is 0 Å². The molecule has 150 valence electrons. The molecular weight excluding hydrogens is 364 g/mol. The number of hydrogen-bond donors (Lipinski definition) is 1. The Labute approximate surface area is 162 Å². The van der Waals surface area contributed by atoms with Crippen LogP contribution < -0.4 is 5.32 Å². The number of morpholine rings is 1. The van der Waals surface area contributed by atoms with Crippen molar-refractivity contribution in [3.63, 3.8) is 0 Å². The van der Waals surface area contributed by atoms with Crippen molar-refractivity contribution in [1.29, 1.82) is 0 Å². The molecule has 0 unspecified atom stereocenters. The van der Waals surface area contributed by atoms with Gasteiger partial charge in [-0.25, -0.2) is 8.42 Å². The van der Waals surface area contributed by atoms with E-state index in [9.17, 15) is 13.2 Å². The van der Waals surface area contributed by atoms with Crippen molar-refractivity contribution in [2.45, 2.75) is 56.4 Å². The molecular formula is C20H30N2O4S. The summed E-state index contributed by atoms with van der Waals surface area (Å²) in [6.45, 7) is 2.08. The Morgan fingerprint density at radius 1 is 1.07 bits per heavy atom. The van der Waals surface area contributed by atoms with Crippen LogP contribution in [0.2, 0.25) is 0 Å². The van der Waals surface area contributed by atoms with Crippen LogP contribution in [-0.2, 0) is 26.1 Å². The number of carbonyl (C=O) groups is 1. The Hall–Kier alpha value is -1.44. The van der Waals surface area contributed by atoms with Gasteiger partial charge in [0.1, 0.15) is 0 Å². The predicted octanol–water partition coefficient (Wildman–Crippen LogP) is 2.68. The second-order valence-electron chi connectivity index (χ2n) is 7.48. The van der Waals surface area contributed by atoms with E-state index in [1.807, 2.05) is 0 Å². The monoisotopic (exact) mass is 394 g/mol. The van der Waals surface area contributed by atoms with Gasteiger partial charge in [0.15, 0.2) is 0 Å². The van der Waals surface area contributed by atoms with Gasteiger partial charge in [0.25, 0.3) is 0 Å². The highest BCUT2D eigenvalue weighted by molar-refractivity contribution is 7.89. The first kappa shape index (κ1) is 20.3. The van der Waals surface area contributed by atoms with Gasteiger partial charge in [-0.3, -0.25) is 4.79 Å². The van der Waals surface area contributed by atoms with E-state index < -0.39 is 10.0 Å². The van der Waals surface area contributed by atoms with E-state index in [2.05, 4.69) is 5.32 Å². The van der Waals surface area contributed by atoms with Gasteiger partial charge in [0.05, 0.1) is 18.1 Å². The molecule has 1 aliphatic heterocycles. The van der Waals surface area contributed by atoms with Crippen molar-refractivity contribution in [2.24, 2.45) is 5.92 Å². The van der Waals surface area contributed by atoms with Gasteiger partial charge in [-0.2, -0.15) is 4.31 Å². The fourth-order valence-electron chi connectivity index (χ4n) is 3.82. The number of nitrogens with zero attached hydrogens (tertiary/aromatic N) is 1. The van der Waals surface area contributed by atoms with Gasteiger partial charge in [-0.05, 0) is 30.0 Å². The topological polar surface area (TPSA) is 75.7 Å². The number of ether oxygens (including phenoxy) is 1. The number of sulfonamides is 1. The zero-order chi connectivity index (χ0) is 19.1. The Morgan fingerprint density at radius 3 is 2.41 bits per heavy atom. The summed E-state index contributed by atoms with van der Waals surface area (Å²) < 4.78 is 31.9. The third kappa shape index (κ3) is 5.77. The summed E-state index contributed by atoms with van der Waals surface area (Å²) in [5.74, 6) is 0.778. The third-order valence-electron chi connectivity index (χ3n) is 5.53. The van der Waals surface area contributed by atoms with E-state index in [1.54, 1.807) is 24.3 Å². The Kier molecular flexibility index (Phi) is 7.26. The first-order chi connectivity index (χ1) is 13.1. The van der Waals surface area contributed by atoms with Crippen molar-refractivity contribution in [2.75, 3.05) is 26.3 Å². The standard InChI is InChI=1S/C20H30N2O4S/c23-20(11-8-17-4-2-1-3-5-17)21-16-18-6-9-19(10-7-18)27(24,25)22-12-14-26-15-13-22/h6-7,9-10,17H,1-5,8,11-16H2,(H,21,23). The molecule has 2 aliphatic rings. The Morgan fingerprint density at radius 2 is 1.74 bits per heavy atom. The lowest BCUT2D eigenvalue weighted by Gasteiger charge is -2.26. The molecule has 0 bridgehead atoms. The van der Waals surface area contributed by atoms with Gasteiger partial charge in [0, 0.05) is 26.1 Å². The van der Waals surface area contributed by atoms with Crippen LogP contribution in [0.25, 0.3) is 0 Å². The molecule has 2 fully saturated rings. The number of carbonyl (C=O) groups excluding carboxylic acids is 1. The molecule has 1 heterocycles. The summed E-state index contributed by atoms with van der Waals surface area (Å²) in [6.07, 6.45) is 7.99. The van der Waals surface area contributed by atoms with E-state index in [1.165, 1.54) is 36.4 Å². The zero-order valence-electron chi connectivity index (χ0n) is 15.9. The van der Waals surface area contributed by atoms with Gasteiger partial charge in [-0.1, -0.05) is 44.2 Å². The van der Waals surface area contributed by atoms with Crippen molar-refractivity contribution < 1.29 is 17.9 Å². The quantitative estimate of drug-likeness (QED) is 0.771. The van der Waals surface area contributed by atoms with Gasteiger partial charge >= 0.3 is 0 Å². The van der Waals surface area contributed by atoms with Gasteiger partial charge in [-0.15, -0.1) is 0 Å². The van der Waals surface area contributed by atoms with E-state index in [0.717, 1.165) is 12.0 Å². The molecule has 6 nitrogen and oxygen atoms in total. The fourth-order valence-corrected chi connectivity index (χ4v) is 5.22. The van der Waals surface area contributed by atoms with Crippen LogP contribution in [0.3, 0.4) is 0 Å². The maximum absolute atomic E-state index is 12.6. The number of rotatable bonds is 7. The molecule has 1 N–H and O–H groups in total. The molecule has 0 radical (unpaired) electrons. The number of amides is 1. The molecule has 1 saturated heterocycles. The highest BCUT2D eigenvalue weighted by Gasteiger charge is 2.26. The summed E-state index contributed by atoms with van der Waals surface area (Å²) in [5, 5.41) is 2.94. The van der Waals surface area contributed by atoms with Crippen LogP contribution in [-0.4, -0.2) is 44.9 Å². The lowest BCUT2D eigenvalue weighted by Crippen LogP contribution is -2.40. The van der Waals surface area contributed by atoms with Crippen molar-refractivity contribution in [1.82, 2.24) is 9.62 Å². The van der Waals surface area contributed by atoms with Crippen LogP contribution in [0.15, 0.2) is 29.2 Å². The molecule has 7 heteroatoms. The van der Waals surface area contributed by atoms with Crippen molar-refractivity contribution in [3.8, 4) is 0 Å². The molecule has 0 atom stereocenters. The minimum Gasteiger partial charge on any atom is -0.379 e. The zero-order valence-corrected chi connectivity index (χ0v) is 16.7. The summed E-state index contributed by atoms with van der Waals surface area (Å²) in [7, 11) is -3.47. The van der Waals surface area contributed by atoms with Crippen LogP contribution in [0.1, 0.15) is 50.5 Å². The summed E-state index contributed by atoms with van der Waals surface area (Å²) >= 11 is 0. The van der Waals surface area contributed by atoms with Crippen molar-refractivity contribution in [3.05, 3.63) is 29.8 Å². The molecule has 1 aliphatic carbocycles. The Balaban J connectivity index is 1.46. The Bertz CT molecular complexity index is 706. The van der Waals surface area contributed by atoms with Gasteiger partial charge in [0.2, 0.25) is 15.9 Å². The van der Waals surface area contributed by atoms with E-state index in [-0.39, 0.29) is 10.8 Å². The maximum atomic E-state index is 12.6. The molecule has 0 aromatic heterocycles. The molecule has 3 rings (SSSR count). The largest absolute Gasteiger partial charge is 0.379 e. The second kappa shape index (κ2) is 9.66. The molecule has 1 aromatic rings. The second-order valence-corrected chi connectivity index (χ2v) is 9.42. The lowest BCUT2D eigenvalue weighted by atomic mass is 9.86. The predicted molar refractivity (Wildman–Crippen MR) is 104 cm³/mol. The number of benzene rings is 1. The lowest BCUT2D eigenvalue weighted by molar-refractivity contribution is -0.121. The summed E-state index contributed by atoms with van der Waals surface area (Å²) in [4.78, 5) is 12.4. The molecule has 1 aromatic carbocycles. The highest BCUT2D eigenvalue weighted by Crippen LogP contribution is 2.27. The van der Waals surface area contributed by atoms with Crippen molar-refractivity contribution >= 4 is 15.9 Å². The third-order valence-corrected chi connectivity index (χ3v) is 7.44. The average Bonchev–Trinajstić information content (AvgIpc) is 2.72. The van der Waals surface area contributed by atoms with E-state index in [0.29, 0.717) is 45.2 Å². The average molecular weight is 395 g/mol. The van der Waals surface area contributed by atoms with E-state index >= 15 is 0 Å². The summed E-state index contributed by atoms with van der Waals surface area (Å²) in [5.41, 5.74) is 0.905. The van der Waals surface area contributed by atoms with E-state index in [4.69, 9.17) is 4.74 Å². The van der Waals surface area contributed by atoms with Gasteiger partial charge < -0.3 is 10.1 Å². The van der Waals surface area contributed by atoms with Crippen LogP contribution in [0.5, 0.6) is 0 Å². The minimum atomic E-state index is -3.47. The fraction of sp³-hybridized carbons (Fsp3) is 0.650. The summed E-state index contributed by atoms with van der Waals surface area (Å²) in [6, 6.07) is 6.78. The number of hydrogen-bond acceptors (Lipinski definition) is 4. The minimum absolute atomic E-state index is 0.0746. The molecule has 1 saturated carbocycles. The molecule has 27 heavy (non-hydrogen) atoms. The SMILES string of the molecule is O=C(CCC1CCCCC1)NCc1ccc(S(=O)(=O)N2CCOCC2)cc1. The number of nitrogens with one attached hydrogen (secondary N) is 1. The first-order valence-electron chi connectivity index (χ1n) is 9.99.